The minimum Gasteiger partial charge on any atom is -0.477 e. The maximum absolute atomic E-state index is 11.8. The number of nitrogens with one attached hydrogen (secondary N) is 1. The highest BCUT2D eigenvalue weighted by molar-refractivity contribution is 7.89. The van der Waals surface area contributed by atoms with Gasteiger partial charge in [0.1, 0.15) is 9.77 Å². The molecule has 0 aliphatic carbocycles. The molecule has 2 N–H and O–H groups in total. The molecular weight excluding hydrogens is 250 g/mol. The summed E-state index contributed by atoms with van der Waals surface area (Å²) in [7, 11) is -3.80. The lowest BCUT2D eigenvalue weighted by molar-refractivity contribution is 0.0698. The Bertz CT molecular complexity index is 503. The fourth-order valence-corrected chi connectivity index (χ4v) is 3.50. The number of rotatable bonds is 5. The Balaban J connectivity index is 3.12. The van der Waals surface area contributed by atoms with Crippen LogP contribution in [-0.2, 0) is 10.0 Å². The molecule has 0 saturated heterocycles. The van der Waals surface area contributed by atoms with E-state index in [-0.39, 0.29) is 9.77 Å². The number of hydrogen-bond acceptors (Lipinski definition) is 4. The molecule has 16 heavy (non-hydrogen) atoms. The molecule has 0 amide bonds. The molecule has 0 spiro atoms. The molecule has 1 heterocycles. The van der Waals surface area contributed by atoms with Crippen LogP contribution in [0.5, 0.6) is 0 Å². The summed E-state index contributed by atoms with van der Waals surface area (Å²) in [4.78, 5) is 10.4. The van der Waals surface area contributed by atoms with Gasteiger partial charge in [-0.1, -0.05) is 6.08 Å². The Morgan fingerprint density at radius 3 is 2.81 bits per heavy atom. The molecule has 0 aliphatic rings. The monoisotopic (exact) mass is 261 g/mol. The zero-order valence-corrected chi connectivity index (χ0v) is 10.1. The normalized spacial score (nSPS) is 13.3. The third kappa shape index (κ3) is 2.69. The highest BCUT2D eigenvalue weighted by Crippen LogP contribution is 2.21. The van der Waals surface area contributed by atoms with Gasteiger partial charge in [-0.3, -0.25) is 0 Å². The van der Waals surface area contributed by atoms with Crippen LogP contribution in [0.3, 0.4) is 0 Å². The molecule has 88 valence electrons. The van der Waals surface area contributed by atoms with E-state index in [9.17, 15) is 13.2 Å². The van der Waals surface area contributed by atoms with Gasteiger partial charge in [-0.05, 0) is 18.4 Å². The minimum absolute atomic E-state index is 0.191. The maximum Gasteiger partial charge on any atom is 0.347 e. The van der Waals surface area contributed by atoms with Gasteiger partial charge in [-0.2, -0.15) is 0 Å². The third-order valence-corrected chi connectivity index (χ3v) is 4.44. The number of hydrogen-bond donors (Lipinski definition) is 2. The Labute approximate surface area is 97.5 Å². The topological polar surface area (TPSA) is 83.5 Å². The van der Waals surface area contributed by atoms with E-state index in [0.29, 0.717) is 0 Å². The lowest BCUT2D eigenvalue weighted by Gasteiger charge is -2.09. The second-order valence-corrected chi connectivity index (χ2v) is 5.66. The molecule has 1 atom stereocenters. The van der Waals surface area contributed by atoms with Crippen molar-refractivity contribution in [2.24, 2.45) is 0 Å². The number of sulfonamides is 1. The van der Waals surface area contributed by atoms with E-state index in [1.807, 2.05) is 0 Å². The fourth-order valence-electron chi connectivity index (χ4n) is 1.02. The number of carboxylic acids is 1. The Hall–Kier alpha value is -1.18. The van der Waals surface area contributed by atoms with Crippen LogP contribution < -0.4 is 4.72 Å². The maximum atomic E-state index is 11.8. The zero-order valence-electron chi connectivity index (χ0n) is 8.50. The molecular formula is C9H11NO4S2. The van der Waals surface area contributed by atoms with E-state index in [1.54, 1.807) is 6.92 Å². The van der Waals surface area contributed by atoms with E-state index < -0.39 is 22.0 Å². The summed E-state index contributed by atoms with van der Waals surface area (Å²) in [5.74, 6) is -1.25. The van der Waals surface area contributed by atoms with Gasteiger partial charge in [-0.15, -0.1) is 17.9 Å². The van der Waals surface area contributed by atoms with Gasteiger partial charge in [-0.25, -0.2) is 17.9 Å². The summed E-state index contributed by atoms with van der Waals surface area (Å²) in [5, 5.41) is 10.2. The van der Waals surface area contributed by atoms with E-state index in [0.717, 1.165) is 11.3 Å². The smallest absolute Gasteiger partial charge is 0.347 e. The lowest BCUT2D eigenvalue weighted by Crippen LogP contribution is -2.31. The first-order chi connectivity index (χ1) is 7.38. The van der Waals surface area contributed by atoms with Crippen LogP contribution in [0.1, 0.15) is 16.6 Å². The molecule has 0 fully saturated rings. The van der Waals surface area contributed by atoms with Crippen molar-refractivity contribution in [1.82, 2.24) is 4.72 Å². The highest BCUT2D eigenvalue weighted by Gasteiger charge is 2.24. The predicted molar refractivity (Wildman–Crippen MR) is 61.3 cm³/mol. The van der Waals surface area contributed by atoms with Crippen LogP contribution in [0.2, 0.25) is 0 Å². The van der Waals surface area contributed by atoms with Crippen molar-refractivity contribution in [2.45, 2.75) is 17.9 Å². The third-order valence-electron chi connectivity index (χ3n) is 1.81. The average molecular weight is 261 g/mol. The fraction of sp³-hybridized carbons (Fsp3) is 0.222. The molecule has 0 aliphatic heterocycles. The molecule has 5 nitrogen and oxygen atoms in total. The second kappa shape index (κ2) is 4.77. The molecule has 0 radical (unpaired) electrons. The molecule has 0 saturated carbocycles. The SMILES string of the molecule is C=CC(C)NS(=O)(=O)c1ccsc1C(=O)O. The van der Waals surface area contributed by atoms with Crippen molar-refractivity contribution in [3.8, 4) is 0 Å². The van der Waals surface area contributed by atoms with E-state index in [1.165, 1.54) is 17.5 Å². The van der Waals surface area contributed by atoms with Crippen molar-refractivity contribution in [3.63, 3.8) is 0 Å². The summed E-state index contributed by atoms with van der Waals surface area (Å²) < 4.78 is 25.8. The first kappa shape index (κ1) is 12.9. The number of thiophene rings is 1. The number of aromatic carboxylic acids is 1. The van der Waals surface area contributed by atoms with Crippen molar-refractivity contribution in [3.05, 3.63) is 29.0 Å². The first-order valence-corrected chi connectivity index (χ1v) is 6.70. The summed E-state index contributed by atoms with van der Waals surface area (Å²) in [5.41, 5.74) is 0. The lowest BCUT2D eigenvalue weighted by atomic mass is 10.4. The van der Waals surface area contributed by atoms with E-state index in [2.05, 4.69) is 11.3 Å². The minimum atomic E-state index is -3.80. The van der Waals surface area contributed by atoms with Crippen molar-refractivity contribution < 1.29 is 18.3 Å². The number of carbonyl (C=O) groups is 1. The van der Waals surface area contributed by atoms with Crippen molar-refractivity contribution in [1.29, 1.82) is 0 Å². The average Bonchev–Trinajstić information content (AvgIpc) is 2.65. The molecule has 1 rings (SSSR count). The van der Waals surface area contributed by atoms with Gasteiger partial charge < -0.3 is 5.11 Å². The molecule has 0 bridgehead atoms. The first-order valence-electron chi connectivity index (χ1n) is 4.34. The van der Waals surface area contributed by atoms with Crippen LogP contribution in [0.15, 0.2) is 29.0 Å². The summed E-state index contributed by atoms with van der Waals surface area (Å²) in [6.07, 6.45) is 1.42. The Morgan fingerprint density at radius 1 is 1.69 bits per heavy atom. The van der Waals surface area contributed by atoms with Gasteiger partial charge in [0.15, 0.2) is 0 Å². The van der Waals surface area contributed by atoms with Crippen molar-refractivity contribution in [2.75, 3.05) is 0 Å². The quantitative estimate of drug-likeness (QED) is 0.782. The number of carboxylic acid groups (broad SMARTS) is 1. The summed E-state index contributed by atoms with van der Waals surface area (Å²) in [6, 6.07) is 0.818. The van der Waals surface area contributed by atoms with Crippen LogP contribution in [0.25, 0.3) is 0 Å². The van der Waals surface area contributed by atoms with E-state index >= 15 is 0 Å². The molecule has 1 aromatic heterocycles. The Morgan fingerprint density at radius 2 is 2.31 bits per heavy atom. The van der Waals surface area contributed by atoms with Gasteiger partial charge in [0.05, 0.1) is 0 Å². The van der Waals surface area contributed by atoms with Crippen molar-refractivity contribution >= 4 is 27.3 Å². The molecule has 1 unspecified atom stereocenters. The van der Waals surface area contributed by atoms with Crippen LogP contribution in [0, 0.1) is 0 Å². The van der Waals surface area contributed by atoms with Crippen LogP contribution in [-0.4, -0.2) is 25.5 Å². The Kier molecular flexibility index (Phi) is 3.84. The molecule has 1 aromatic rings. The van der Waals surface area contributed by atoms with Gasteiger partial charge in [0.2, 0.25) is 10.0 Å². The van der Waals surface area contributed by atoms with Crippen LogP contribution >= 0.6 is 11.3 Å². The summed E-state index contributed by atoms with van der Waals surface area (Å²) in [6.45, 7) is 5.05. The molecule has 0 aromatic carbocycles. The highest BCUT2D eigenvalue weighted by atomic mass is 32.2. The largest absolute Gasteiger partial charge is 0.477 e. The van der Waals surface area contributed by atoms with Gasteiger partial charge >= 0.3 is 5.97 Å². The van der Waals surface area contributed by atoms with Gasteiger partial charge in [0, 0.05) is 6.04 Å². The predicted octanol–water partition coefficient (Wildman–Crippen LogP) is 1.30. The zero-order chi connectivity index (χ0) is 12.3. The second-order valence-electron chi connectivity index (χ2n) is 3.06. The van der Waals surface area contributed by atoms with E-state index in [4.69, 9.17) is 5.11 Å². The van der Waals surface area contributed by atoms with Gasteiger partial charge in [0.25, 0.3) is 0 Å². The summed E-state index contributed by atoms with van der Waals surface area (Å²) >= 11 is 0.875. The molecule has 7 heteroatoms. The standard InChI is InChI=1S/C9H11NO4S2/c1-3-6(2)10-16(13,14)7-4-5-15-8(7)9(11)12/h3-6,10H,1H2,2H3,(H,11,12). The van der Waals surface area contributed by atoms with Crippen LogP contribution in [0.4, 0.5) is 0 Å².